The Morgan fingerprint density at radius 2 is 2.00 bits per heavy atom. The number of aliphatic hydroxyl groups excluding tert-OH is 1. The summed E-state index contributed by atoms with van der Waals surface area (Å²) in [5, 5.41) is 8.92. The molecule has 21 heavy (non-hydrogen) atoms. The van der Waals surface area contributed by atoms with Crippen LogP contribution in [0.1, 0.15) is 43.0 Å². The number of nitrogens with zero attached hydrogens (tertiary/aromatic N) is 1. The van der Waals surface area contributed by atoms with E-state index in [2.05, 4.69) is 0 Å². The molecule has 116 valence electrons. The fourth-order valence-electron chi connectivity index (χ4n) is 2.74. The summed E-state index contributed by atoms with van der Waals surface area (Å²) in [5.41, 5.74) is 0.507. The Morgan fingerprint density at radius 1 is 1.33 bits per heavy atom. The van der Waals surface area contributed by atoms with E-state index in [-0.39, 0.29) is 23.3 Å². The topological polar surface area (TPSA) is 74.7 Å². The molecule has 1 unspecified atom stereocenters. The quantitative estimate of drug-likeness (QED) is 0.813. The molecule has 2 rings (SSSR count). The molecular weight excluding hydrogens is 290 g/mol. The fourth-order valence-corrected chi connectivity index (χ4v) is 4.46. The van der Waals surface area contributed by atoms with Crippen molar-refractivity contribution in [3.05, 3.63) is 29.8 Å². The third-order valence-electron chi connectivity index (χ3n) is 3.89. The van der Waals surface area contributed by atoms with Crippen LogP contribution in [0.15, 0.2) is 29.2 Å². The lowest BCUT2D eigenvalue weighted by Gasteiger charge is -2.24. The summed E-state index contributed by atoms with van der Waals surface area (Å²) in [7, 11) is -3.52. The van der Waals surface area contributed by atoms with Crippen LogP contribution in [0.5, 0.6) is 0 Å². The van der Waals surface area contributed by atoms with Crippen LogP contribution in [0.4, 0.5) is 0 Å². The van der Waals surface area contributed by atoms with Gasteiger partial charge in [-0.3, -0.25) is 4.79 Å². The summed E-state index contributed by atoms with van der Waals surface area (Å²) in [6.45, 7) is 2.06. The Morgan fingerprint density at radius 3 is 2.57 bits per heavy atom. The number of carbonyl (C=O) groups is 1. The van der Waals surface area contributed by atoms with Gasteiger partial charge in [0.2, 0.25) is 10.0 Å². The molecule has 0 aliphatic carbocycles. The summed E-state index contributed by atoms with van der Waals surface area (Å²) < 4.78 is 26.9. The van der Waals surface area contributed by atoms with E-state index in [1.807, 2.05) is 0 Å². The van der Waals surface area contributed by atoms with E-state index in [0.29, 0.717) is 24.9 Å². The van der Waals surface area contributed by atoms with Crippen LogP contribution in [-0.4, -0.2) is 42.8 Å². The molecular formula is C15H21NO4S. The average Bonchev–Trinajstić information content (AvgIpc) is 2.94. The Hall–Kier alpha value is -1.24. The van der Waals surface area contributed by atoms with Gasteiger partial charge in [0.1, 0.15) is 0 Å². The zero-order chi connectivity index (χ0) is 15.5. The highest BCUT2D eigenvalue weighted by Crippen LogP contribution is 2.28. The van der Waals surface area contributed by atoms with Gasteiger partial charge in [-0.05, 0) is 44.7 Å². The normalized spacial score (nSPS) is 19.8. The van der Waals surface area contributed by atoms with Crippen molar-refractivity contribution in [3.8, 4) is 0 Å². The van der Waals surface area contributed by atoms with Crippen molar-refractivity contribution in [2.45, 2.75) is 43.5 Å². The van der Waals surface area contributed by atoms with Gasteiger partial charge in [-0.15, -0.1) is 0 Å². The molecule has 1 aliphatic rings. The molecule has 1 aromatic carbocycles. The van der Waals surface area contributed by atoms with Gasteiger partial charge in [-0.1, -0.05) is 12.1 Å². The average molecular weight is 311 g/mol. The van der Waals surface area contributed by atoms with Crippen molar-refractivity contribution >= 4 is 15.8 Å². The highest BCUT2D eigenvalue weighted by molar-refractivity contribution is 7.89. The predicted octanol–water partition coefficient (Wildman–Crippen LogP) is 1.81. The predicted molar refractivity (Wildman–Crippen MR) is 79.7 cm³/mol. The van der Waals surface area contributed by atoms with Gasteiger partial charge in [0, 0.05) is 24.8 Å². The third-order valence-corrected chi connectivity index (χ3v) is 5.85. The Labute approximate surface area is 125 Å². The first-order valence-corrected chi connectivity index (χ1v) is 8.64. The Bertz CT molecular complexity index is 595. The second kappa shape index (κ2) is 6.68. The fraction of sp³-hybridized carbons (Fsp3) is 0.533. The van der Waals surface area contributed by atoms with Gasteiger partial charge in [-0.2, -0.15) is 4.31 Å². The molecule has 0 saturated carbocycles. The van der Waals surface area contributed by atoms with Crippen molar-refractivity contribution in [1.29, 1.82) is 0 Å². The van der Waals surface area contributed by atoms with Gasteiger partial charge in [0.15, 0.2) is 5.78 Å². The molecule has 5 nitrogen and oxygen atoms in total. The van der Waals surface area contributed by atoms with Crippen LogP contribution in [-0.2, 0) is 10.0 Å². The smallest absolute Gasteiger partial charge is 0.243 e. The Balaban J connectivity index is 2.22. The van der Waals surface area contributed by atoms with Crippen molar-refractivity contribution in [3.63, 3.8) is 0 Å². The van der Waals surface area contributed by atoms with Crippen molar-refractivity contribution < 1.29 is 18.3 Å². The molecule has 0 amide bonds. The monoisotopic (exact) mass is 311 g/mol. The zero-order valence-electron chi connectivity index (χ0n) is 12.2. The minimum Gasteiger partial charge on any atom is -0.396 e. The minimum atomic E-state index is -3.52. The number of Topliss-reactive ketones (excluding diaryl/α,β-unsaturated/α-hetero) is 1. The van der Waals surface area contributed by atoms with Crippen molar-refractivity contribution in [1.82, 2.24) is 4.31 Å². The molecule has 1 N–H and O–H groups in total. The lowest BCUT2D eigenvalue weighted by atomic mass is 10.1. The van der Waals surface area contributed by atoms with E-state index >= 15 is 0 Å². The number of ketones is 1. The number of aliphatic hydroxyl groups is 1. The standard InChI is InChI=1S/C15H21NO4S/c1-12(18)13-6-8-15(9-7-13)21(19,20)16-10-2-4-14(16)5-3-11-17/h6-9,14,17H,2-5,10-11H2,1H3. The first-order valence-electron chi connectivity index (χ1n) is 7.20. The zero-order valence-corrected chi connectivity index (χ0v) is 13.0. The largest absolute Gasteiger partial charge is 0.396 e. The maximum Gasteiger partial charge on any atom is 0.243 e. The summed E-state index contributed by atoms with van der Waals surface area (Å²) in [4.78, 5) is 11.5. The third kappa shape index (κ3) is 3.51. The van der Waals surface area contributed by atoms with Crippen molar-refractivity contribution in [2.75, 3.05) is 13.2 Å². The SMILES string of the molecule is CC(=O)c1ccc(S(=O)(=O)N2CCCC2CCCO)cc1. The molecule has 1 heterocycles. The van der Waals surface area contributed by atoms with E-state index in [9.17, 15) is 13.2 Å². The number of hydrogen-bond donors (Lipinski definition) is 1. The molecule has 0 radical (unpaired) electrons. The van der Waals surface area contributed by atoms with Crippen LogP contribution in [0.3, 0.4) is 0 Å². The van der Waals surface area contributed by atoms with Gasteiger partial charge < -0.3 is 5.11 Å². The van der Waals surface area contributed by atoms with Gasteiger partial charge in [0.25, 0.3) is 0 Å². The number of carbonyl (C=O) groups excluding carboxylic acids is 1. The molecule has 1 aromatic rings. The second-order valence-electron chi connectivity index (χ2n) is 5.36. The number of sulfonamides is 1. The maximum atomic E-state index is 12.7. The lowest BCUT2D eigenvalue weighted by molar-refractivity contribution is 0.101. The van der Waals surface area contributed by atoms with E-state index in [1.54, 1.807) is 12.1 Å². The Kier molecular flexibility index (Phi) is 5.13. The number of hydrogen-bond acceptors (Lipinski definition) is 4. The van der Waals surface area contributed by atoms with Gasteiger partial charge in [0.05, 0.1) is 4.90 Å². The molecule has 1 fully saturated rings. The second-order valence-corrected chi connectivity index (χ2v) is 7.25. The molecule has 1 atom stereocenters. The summed E-state index contributed by atoms with van der Waals surface area (Å²) in [6, 6.07) is 6.05. The highest BCUT2D eigenvalue weighted by Gasteiger charge is 2.34. The maximum absolute atomic E-state index is 12.7. The van der Waals surface area contributed by atoms with Crippen molar-refractivity contribution in [2.24, 2.45) is 0 Å². The summed E-state index contributed by atoms with van der Waals surface area (Å²) in [5.74, 6) is -0.0825. The van der Waals surface area contributed by atoms with Gasteiger partial charge >= 0.3 is 0 Å². The number of rotatable bonds is 6. The van der Waals surface area contributed by atoms with Crippen LogP contribution in [0, 0.1) is 0 Å². The summed E-state index contributed by atoms with van der Waals surface area (Å²) in [6.07, 6.45) is 2.98. The van der Waals surface area contributed by atoms with E-state index < -0.39 is 10.0 Å². The molecule has 0 spiro atoms. The number of benzene rings is 1. The lowest BCUT2D eigenvalue weighted by Crippen LogP contribution is -2.35. The van der Waals surface area contributed by atoms with Crippen LogP contribution >= 0.6 is 0 Å². The molecule has 1 aliphatic heterocycles. The van der Waals surface area contributed by atoms with Gasteiger partial charge in [-0.25, -0.2) is 8.42 Å². The van der Waals surface area contributed by atoms with E-state index in [0.717, 1.165) is 12.8 Å². The minimum absolute atomic E-state index is 0.0327. The highest BCUT2D eigenvalue weighted by atomic mass is 32.2. The first kappa shape index (κ1) is 16.1. The van der Waals surface area contributed by atoms with Crippen LogP contribution in [0.2, 0.25) is 0 Å². The molecule has 1 saturated heterocycles. The summed E-state index contributed by atoms with van der Waals surface area (Å²) >= 11 is 0. The molecule has 0 aromatic heterocycles. The van der Waals surface area contributed by atoms with Crippen LogP contribution in [0.25, 0.3) is 0 Å². The first-order chi connectivity index (χ1) is 9.96. The van der Waals surface area contributed by atoms with E-state index in [1.165, 1.54) is 23.4 Å². The van der Waals surface area contributed by atoms with Crippen LogP contribution < -0.4 is 0 Å². The molecule has 0 bridgehead atoms. The van der Waals surface area contributed by atoms with E-state index in [4.69, 9.17) is 5.11 Å². The molecule has 6 heteroatoms.